The highest BCUT2D eigenvalue weighted by atomic mass is 32.2. The molecule has 2 aromatic rings. The van der Waals surface area contributed by atoms with Crippen LogP contribution in [0, 0.1) is 23.2 Å². The van der Waals surface area contributed by atoms with E-state index in [-0.39, 0.29) is 31.1 Å². The summed E-state index contributed by atoms with van der Waals surface area (Å²) in [4.78, 5) is 36.6. The summed E-state index contributed by atoms with van der Waals surface area (Å²) in [6.45, 7) is 10.6. The molecule has 51 heavy (non-hydrogen) atoms. The van der Waals surface area contributed by atoms with E-state index >= 15 is 0 Å². The summed E-state index contributed by atoms with van der Waals surface area (Å²) < 4.78 is 27.6. The van der Waals surface area contributed by atoms with E-state index in [0.29, 0.717) is 49.1 Å². The zero-order valence-electron chi connectivity index (χ0n) is 30.4. The highest BCUT2D eigenvalue weighted by molar-refractivity contribution is 7.99. The van der Waals surface area contributed by atoms with Gasteiger partial charge in [0.25, 0.3) is 5.91 Å². The molecule has 1 aliphatic carbocycles. The van der Waals surface area contributed by atoms with Crippen LogP contribution in [0.3, 0.4) is 0 Å². The standard InChI is InChI=1S/C39H53N3O8S/c1-28(2)36(43)48-19-20-49-38(45)42-25-31-9-6-8-30(22-31)24-41-37(44)39(3,4)50-35(26-46-5)27-51-21-7-18-47-34-16-14-33(15-17-34)32-12-10-29(23-40)11-13-32/h10-17,30-31,35H,1,6-9,18-22,24-27H2,2-5H3,(H,41,44)(H,42,45). The topological polar surface area (TPSA) is 145 Å². The minimum absolute atomic E-state index is 0.0222. The molecule has 0 aromatic heterocycles. The molecular weight excluding hydrogens is 671 g/mol. The molecule has 2 N–H and O–H groups in total. The van der Waals surface area contributed by atoms with Crippen LogP contribution in [-0.2, 0) is 28.5 Å². The van der Waals surface area contributed by atoms with Crippen molar-refractivity contribution in [3.8, 4) is 22.9 Å². The number of carbonyl (C=O) groups is 3. The van der Waals surface area contributed by atoms with Crippen LogP contribution in [0.25, 0.3) is 11.1 Å². The van der Waals surface area contributed by atoms with Gasteiger partial charge >= 0.3 is 12.1 Å². The normalized spacial score (nSPS) is 16.3. The first-order valence-corrected chi connectivity index (χ1v) is 18.7. The molecule has 1 saturated carbocycles. The van der Waals surface area contributed by atoms with Gasteiger partial charge in [0.15, 0.2) is 0 Å². The monoisotopic (exact) mass is 723 g/mol. The number of rotatable bonds is 21. The molecule has 0 saturated heterocycles. The van der Waals surface area contributed by atoms with E-state index in [1.165, 1.54) is 0 Å². The van der Waals surface area contributed by atoms with Gasteiger partial charge in [-0.05, 0) is 99.4 Å². The average molecular weight is 724 g/mol. The van der Waals surface area contributed by atoms with Gasteiger partial charge in [0, 0.05) is 31.5 Å². The number of nitriles is 1. The van der Waals surface area contributed by atoms with Gasteiger partial charge in [0.1, 0.15) is 24.6 Å². The number of carbonyl (C=O) groups excluding carboxylic acids is 3. The molecule has 1 fully saturated rings. The van der Waals surface area contributed by atoms with E-state index in [0.717, 1.165) is 54.7 Å². The molecule has 0 aliphatic heterocycles. The lowest BCUT2D eigenvalue weighted by Gasteiger charge is -2.32. The van der Waals surface area contributed by atoms with Gasteiger partial charge < -0.3 is 34.3 Å². The third-order valence-electron chi connectivity index (χ3n) is 8.44. The first-order valence-electron chi connectivity index (χ1n) is 17.5. The quantitative estimate of drug-likeness (QED) is 0.0855. The smallest absolute Gasteiger partial charge is 0.407 e. The average Bonchev–Trinajstić information content (AvgIpc) is 3.13. The molecule has 3 atom stereocenters. The lowest BCUT2D eigenvalue weighted by Crippen LogP contribution is -2.49. The molecule has 0 heterocycles. The number of alkyl carbamates (subject to hydrolysis) is 1. The molecule has 2 amide bonds. The Morgan fingerprint density at radius 3 is 2.22 bits per heavy atom. The van der Waals surface area contributed by atoms with Crippen molar-refractivity contribution in [1.82, 2.24) is 10.6 Å². The summed E-state index contributed by atoms with van der Waals surface area (Å²) in [5.74, 6) is 2.28. The molecule has 278 valence electrons. The van der Waals surface area contributed by atoms with E-state index in [4.69, 9.17) is 28.9 Å². The van der Waals surface area contributed by atoms with Crippen LogP contribution in [0.5, 0.6) is 5.75 Å². The molecule has 3 unspecified atom stereocenters. The first kappa shape index (κ1) is 41.4. The van der Waals surface area contributed by atoms with E-state index < -0.39 is 17.7 Å². The van der Waals surface area contributed by atoms with Gasteiger partial charge in [-0.1, -0.05) is 37.3 Å². The van der Waals surface area contributed by atoms with Crippen molar-refractivity contribution in [2.45, 2.75) is 64.6 Å². The number of ether oxygens (including phenoxy) is 5. The maximum atomic E-state index is 13.2. The summed E-state index contributed by atoms with van der Waals surface area (Å²) in [5.41, 5.74) is 2.01. The number of benzene rings is 2. The number of thioether (sulfide) groups is 1. The third-order valence-corrected chi connectivity index (χ3v) is 9.63. The van der Waals surface area contributed by atoms with Gasteiger partial charge in [-0.2, -0.15) is 17.0 Å². The fraction of sp³-hybridized carbons (Fsp3) is 0.538. The van der Waals surface area contributed by atoms with Crippen molar-refractivity contribution in [1.29, 1.82) is 5.26 Å². The first-order chi connectivity index (χ1) is 24.5. The van der Waals surface area contributed by atoms with Crippen LogP contribution >= 0.6 is 11.8 Å². The minimum atomic E-state index is -1.03. The van der Waals surface area contributed by atoms with Gasteiger partial charge in [0.2, 0.25) is 0 Å². The molecule has 11 nitrogen and oxygen atoms in total. The maximum Gasteiger partial charge on any atom is 0.407 e. The van der Waals surface area contributed by atoms with Crippen molar-refractivity contribution in [3.05, 3.63) is 66.2 Å². The van der Waals surface area contributed by atoms with E-state index in [1.54, 1.807) is 39.6 Å². The lowest BCUT2D eigenvalue weighted by atomic mass is 9.81. The number of nitrogens with one attached hydrogen (secondary N) is 2. The largest absolute Gasteiger partial charge is 0.494 e. The van der Waals surface area contributed by atoms with Crippen LogP contribution in [0.1, 0.15) is 58.4 Å². The van der Waals surface area contributed by atoms with Crippen molar-refractivity contribution in [2.24, 2.45) is 11.8 Å². The molecule has 0 radical (unpaired) electrons. The molecule has 12 heteroatoms. The van der Waals surface area contributed by atoms with Crippen LogP contribution in [0.2, 0.25) is 0 Å². The highest BCUT2D eigenvalue weighted by Crippen LogP contribution is 2.29. The van der Waals surface area contributed by atoms with Gasteiger partial charge in [-0.15, -0.1) is 0 Å². The third kappa shape index (κ3) is 15.4. The van der Waals surface area contributed by atoms with Crippen molar-refractivity contribution < 1.29 is 38.1 Å². The zero-order valence-corrected chi connectivity index (χ0v) is 31.2. The number of nitrogens with zero attached hydrogens (tertiary/aromatic N) is 1. The highest BCUT2D eigenvalue weighted by Gasteiger charge is 2.33. The fourth-order valence-corrected chi connectivity index (χ4v) is 6.63. The Hall–Kier alpha value is -4.05. The summed E-state index contributed by atoms with van der Waals surface area (Å²) >= 11 is 1.74. The van der Waals surface area contributed by atoms with Crippen LogP contribution in [0.15, 0.2) is 60.7 Å². The molecular formula is C39H53N3O8S. The Bertz CT molecular complexity index is 1440. The fourth-order valence-electron chi connectivity index (χ4n) is 5.71. The second-order valence-corrected chi connectivity index (χ2v) is 14.4. The molecule has 2 aromatic carbocycles. The van der Waals surface area contributed by atoms with E-state index in [1.807, 2.05) is 48.5 Å². The lowest BCUT2D eigenvalue weighted by molar-refractivity contribution is -0.151. The number of hydrogen-bond donors (Lipinski definition) is 2. The van der Waals surface area contributed by atoms with Crippen LogP contribution < -0.4 is 15.4 Å². The SMILES string of the molecule is C=C(C)C(=O)OCCOC(=O)NCC1CCCC(CNC(=O)C(C)(C)OC(COC)CSCCCOc2ccc(-c3ccc(C#N)cc3)cc2)C1. The van der Waals surface area contributed by atoms with Crippen LogP contribution in [0.4, 0.5) is 4.79 Å². The second-order valence-electron chi connectivity index (χ2n) is 13.2. The zero-order chi connectivity index (χ0) is 37.1. The Labute approximate surface area is 306 Å². The molecule has 0 bridgehead atoms. The Morgan fingerprint density at radius 2 is 1.59 bits per heavy atom. The summed E-state index contributed by atoms with van der Waals surface area (Å²) in [6.07, 6.45) is 3.96. The Kier molecular flexibility index (Phi) is 17.9. The van der Waals surface area contributed by atoms with Crippen molar-refractivity contribution in [2.75, 3.05) is 58.1 Å². The van der Waals surface area contributed by atoms with Gasteiger partial charge in [0.05, 0.1) is 31.0 Å². The molecule has 1 aliphatic rings. The van der Waals surface area contributed by atoms with Crippen molar-refractivity contribution >= 4 is 29.7 Å². The number of amides is 2. The number of esters is 1. The predicted molar refractivity (Wildman–Crippen MR) is 198 cm³/mol. The predicted octanol–water partition coefficient (Wildman–Crippen LogP) is 6.31. The summed E-state index contributed by atoms with van der Waals surface area (Å²) in [5, 5.41) is 14.9. The molecule has 0 spiro atoms. The van der Waals surface area contributed by atoms with E-state index in [2.05, 4.69) is 23.3 Å². The maximum absolute atomic E-state index is 13.2. The molecule has 3 rings (SSSR count). The number of methoxy groups -OCH3 is 1. The number of hydrogen-bond acceptors (Lipinski definition) is 10. The Morgan fingerprint density at radius 1 is 0.961 bits per heavy atom. The van der Waals surface area contributed by atoms with Crippen molar-refractivity contribution in [3.63, 3.8) is 0 Å². The minimum Gasteiger partial charge on any atom is -0.494 e. The van der Waals surface area contributed by atoms with Gasteiger partial charge in [-0.25, -0.2) is 9.59 Å². The van der Waals surface area contributed by atoms with Crippen LogP contribution in [-0.4, -0.2) is 87.8 Å². The second kappa shape index (κ2) is 22.0. The van der Waals surface area contributed by atoms with Gasteiger partial charge in [-0.3, -0.25) is 4.79 Å². The summed E-state index contributed by atoms with van der Waals surface area (Å²) in [6, 6.07) is 17.6. The summed E-state index contributed by atoms with van der Waals surface area (Å²) in [7, 11) is 1.63. The Balaban J connectivity index is 1.30. The van der Waals surface area contributed by atoms with E-state index in [9.17, 15) is 14.4 Å².